The van der Waals surface area contributed by atoms with Gasteiger partial charge in [0.15, 0.2) is 0 Å². The van der Waals surface area contributed by atoms with Gasteiger partial charge in [-0.05, 0) is 68.1 Å². The van der Waals surface area contributed by atoms with Gasteiger partial charge < -0.3 is 10.2 Å². The van der Waals surface area contributed by atoms with Crippen LogP contribution in [0.4, 0.5) is 10.1 Å². The van der Waals surface area contributed by atoms with E-state index in [-0.39, 0.29) is 35.4 Å². The summed E-state index contributed by atoms with van der Waals surface area (Å²) in [4.78, 5) is 29.6. The number of halogens is 1. The van der Waals surface area contributed by atoms with E-state index in [0.29, 0.717) is 5.69 Å². The molecule has 1 N–H and O–H groups in total. The Morgan fingerprint density at radius 2 is 1.41 bits per heavy atom. The molecule has 0 spiro atoms. The van der Waals surface area contributed by atoms with Crippen molar-refractivity contribution in [2.75, 3.05) is 10.8 Å². The van der Waals surface area contributed by atoms with Gasteiger partial charge in [-0.1, -0.05) is 92.2 Å². The monoisotopic (exact) mass is 643 g/mol. The van der Waals surface area contributed by atoms with Crippen molar-refractivity contribution in [2.24, 2.45) is 0 Å². The van der Waals surface area contributed by atoms with Crippen LogP contribution in [0.5, 0.6) is 0 Å². The van der Waals surface area contributed by atoms with Crippen LogP contribution in [0.15, 0.2) is 108 Å². The lowest BCUT2D eigenvalue weighted by Gasteiger charge is -2.34. The van der Waals surface area contributed by atoms with Crippen LogP contribution in [0.25, 0.3) is 0 Å². The highest BCUT2D eigenvalue weighted by Crippen LogP contribution is 2.27. The molecule has 7 nitrogen and oxygen atoms in total. The molecule has 0 fully saturated rings. The van der Waals surface area contributed by atoms with Crippen molar-refractivity contribution in [3.8, 4) is 0 Å². The van der Waals surface area contributed by atoms with Gasteiger partial charge in [-0.15, -0.1) is 0 Å². The van der Waals surface area contributed by atoms with Gasteiger partial charge in [0.1, 0.15) is 18.4 Å². The summed E-state index contributed by atoms with van der Waals surface area (Å²) >= 11 is 0. The predicted molar refractivity (Wildman–Crippen MR) is 180 cm³/mol. The van der Waals surface area contributed by atoms with Crippen molar-refractivity contribution >= 4 is 27.5 Å². The third kappa shape index (κ3) is 8.60. The zero-order chi connectivity index (χ0) is 33.4. The van der Waals surface area contributed by atoms with Gasteiger partial charge in [-0.25, -0.2) is 12.8 Å². The molecule has 0 aliphatic heterocycles. The molecule has 0 aliphatic carbocycles. The third-order valence-electron chi connectivity index (χ3n) is 7.74. The van der Waals surface area contributed by atoms with Crippen LogP contribution < -0.4 is 9.62 Å². The molecular formula is C37H42FN3O4S. The van der Waals surface area contributed by atoms with Crippen molar-refractivity contribution in [2.45, 2.75) is 70.5 Å². The van der Waals surface area contributed by atoms with Crippen LogP contribution in [0.1, 0.15) is 55.9 Å². The molecule has 0 heterocycles. The number of sulfonamides is 1. The molecule has 0 unspecified atom stereocenters. The molecule has 0 bridgehead atoms. The summed E-state index contributed by atoms with van der Waals surface area (Å²) in [5, 5.41) is 2.90. The van der Waals surface area contributed by atoms with E-state index in [0.717, 1.165) is 21.0 Å². The van der Waals surface area contributed by atoms with Crippen molar-refractivity contribution in [1.82, 2.24) is 10.2 Å². The number of nitrogens with one attached hydrogen (secondary N) is 1. The summed E-state index contributed by atoms with van der Waals surface area (Å²) in [7, 11) is -4.23. The lowest BCUT2D eigenvalue weighted by molar-refractivity contribution is -0.140. The maximum atomic E-state index is 15.0. The number of benzene rings is 4. The normalized spacial score (nSPS) is 12.2. The fourth-order valence-corrected chi connectivity index (χ4v) is 6.55. The summed E-state index contributed by atoms with van der Waals surface area (Å²) in [6.45, 7) is 8.72. The molecule has 4 rings (SSSR count). The summed E-state index contributed by atoms with van der Waals surface area (Å²) in [5.41, 5.74) is 3.21. The smallest absolute Gasteiger partial charge is 0.264 e. The molecule has 0 radical (unpaired) electrons. The van der Waals surface area contributed by atoms with E-state index in [1.807, 2.05) is 77.1 Å². The maximum absolute atomic E-state index is 15.0. The number of aryl methyl sites for hydroxylation is 1. The number of carbonyl (C=O) groups is 2. The largest absolute Gasteiger partial charge is 0.352 e. The molecule has 4 aromatic rings. The van der Waals surface area contributed by atoms with E-state index < -0.39 is 40.2 Å². The first-order valence-electron chi connectivity index (χ1n) is 15.4. The van der Waals surface area contributed by atoms with E-state index in [2.05, 4.69) is 5.32 Å². The third-order valence-corrected chi connectivity index (χ3v) is 9.52. The molecule has 0 saturated carbocycles. The predicted octanol–water partition coefficient (Wildman–Crippen LogP) is 6.62. The van der Waals surface area contributed by atoms with Gasteiger partial charge in [-0.3, -0.25) is 13.9 Å². The molecule has 0 saturated heterocycles. The first-order valence-corrected chi connectivity index (χ1v) is 16.9. The number of hydrogen-bond donors (Lipinski definition) is 1. The van der Waals surface area contributed by atoms with Gasteiger partial charge in [-0.2, -0.15) is 0 Å². The van der Waals surface area contributed by atoms with Gasteiger partial charge in [0.2, 0.25) is 11.8 Å². The van der Waals surface area contributed by atoms with Crippen LogP contribution in [0.2, 0.25) is 0 Å². The van der Waals surface area contributed by atoms with Gasteiger partial charge in [0.25, 0.3) is 10.0 Å². The Bertz CT molecular complexity index is 1720. The first kappa shape index (κ1) is 34.4. The quantitative estimate of drug-likeness (QED) is 0.178. The minimum atomic E-state index is -4.23. The van der Waals surface area contributed by atoms with Crippen molar-refractivity contribution in [1.29, 1.82) is 0 Å². The minimum absolute atomic E-state index is 0.0258. The number of nitrogens with zero attached hydrogens (tertiary/aromatic N) is 2. The van der Waals surface area contributed by atoms with Crippen molar-refractivity contribution < 1.29 is 22.4 Å². The topological polar surface area (TPSA) is 86.8 Å². The number of anilines is 1. The van der Waals surface area contributed by atoms with Crippen LogP contribution in [0, 0.1) is 12.7 Å². The molecule has 0 aliphatic rings. The summed E-state index contributed by atoms with van der Waals surface area (Å²) in [6, 6.07) is 27.5. The standard InChI is InChI=1S/C37H42FN3O4S/c1-26(2)30-17-19-32(20-18-30)41(46(44,45)33-21-15-28(5)16-22-33)25-36(42)40(24-31-13-9-10-14-34(31)38)35(37(43)39-27(3)4)23-29-11-7-6-8-12-29/h6-22,26-27,35H,23-25H2,1-5H3,(H,39,43)/t35-/m0/s1. The van der Waals surface area contributed by atoms with E-state index in [1.165, 1.54) is 23.1 Å². The fourth-order valence-electron chi connectivity index (χ4n) is 5.14. The Morgan fingerprint density at radius 3 is 2.00 bits per heavy atom. The van der Waals surface area contributed by atoms with Crippen molar-refractivity contribution in [3.63, 3.8) is 0 Å². The molecule has 242 valence electrons. The Kier molecular flexibility index (Phi) is 11.4. The number of hydrogen-bond acceptors (Lipinski definition) is 4. The Labute approximate surface area is 272 Å². The van der Waals surface area contributed by atoms with E-state index in [1.54, 1.807) is 42.5 Å². The highest BCUT2D eigenvalue weighted by atomic mass is 32.2. The van der Waals surface area contributed by atoms with E-state index in [9.17, 15) is 18.0 Å². The average molecular weight is 644 g/mol. The fraction of sp³-hybridized carbons (Fsp3) is 0.297. The highest BCUT2D eigenvalue weighted by Gasteiger charge is 2.35. The molecule has 0 aromatic heterocycles. The van der Waals surface area contributed by atoms with E-state index >= 15 is 4.39 Å². The van der Waals surface area contributed by atoms with Gasteiger partial charge in [0, 0.05) is 24.6 Å². The van der Waals surface area contributed by atoms with Gasteiger partial charge in [0.05, 0.1) is 10.6 Å². The lowest BCUT2D eigenvalue weighted by Crippen LogP contribution is -2.54. The maximum Gasteiger partial charge on any atom is 0.264 e. The van der Waals surface area contributed by atoms with E-state index in [4.69, 9.17) is 0 Å². The van der Waals surface area contributed by atoms with Crippen LogP contribution in [-0.4, -0.2) is 43.8 Å². The average Bonchev–Trinajstić information content (AvgIpc) is 3.02. The molecule has 4 aromatic carbocycles. The Hall–Kier alpha value is -4.50. The SMILES string of the molecule is Cc1ccc(S(=O)(=O)N(CC(=O)N(Cc2ccccc2F)[C@@H](Cc2ccccc2)C(=O)NC(C)C)c2ccc(C(C)C)cc2)cc1. The molecule has 2 amide bonds. The number of rotatable bonds is 13. The minimum Gasteiger partial charge on any atom is -0.352 e. The Balaban J connectivity index is 1.82. The van der Waals surface area contributed by atoms with Crippen molar-refractivity contribution in [3.05, 3.63) is 131 Å². The lowest BCUT2D eigenvalue weighted by atomic mass is 10.0. The zero-order valence-electron chi connectivity index (χ0n) is 27.0. The van der Waals surface area contributed by atoms with Crippen LogP contribution >= 0.6 is 0 Å². The number of amides is 2. The summed E-state index contributed by atoms with van der Waals surface area (Å²) < 4.78 is 44.5. The second kappa shape index (κ2) is 15.2. The van der Waals surface area contributed by atoms with Crippen LogP contribution in [-0.2, 0) is 32.6 Å². The van der Waals surface area contributed by atoms with Gasteiger partial charge >= 0.3 is 0 Å². The summed E-state index contributed by atoms with van der Waals surface area (Å²) in [5.74, 6) is -1.38. The summed E-state index contributed by atoms with van der Waals surface area (Å²) in [6.07, 6.45) is 0.146. The molecular weight excluding hydrogens is 601 g/mol. The molecule has 46 heavy (non-hydrogen) atoms. The van der Waals surface area contributed by atoms with Crippen LogP contribution in [0.3, 0.4) is 0 Å². The second-order valence-corrected chi connectivity index (χ2v) is 13.9. The zero-order valence-corrected chi connectivity index (χ0v) is 27.8. The Morgan fingerprint density at radius 1 is 0.804 bits per heavy atom. The first-order chi connectivity index (χ1) is 21.9. The molecule has 1 atom stereocenters. The molecule has 9 heteroatoms. The second-order valence-electron chi connectivity index (χ2n) is 12.1. The highest BCUT2D eigenvalue weighted by molar-refractivity contribution is 7.92. The number of carbonyl (C=O) groups excluding carboxylic acids is 2.